The van der Waals surface area contributed by atoms with E-state index in [1.54, 1.807) is 0 Å². The van der Waals surface area contributed by atoms with Crippen molar-refractivity contribution in [1.82, 2.24) is 0 Å². The molecule has 0 saturated carbocycles. The lowest BCUT2D eigenvalue weighted by molar-refractivity contribution is 0.243. The summed E-state index contributed by atoms with van der Waals surface area (Å²) in [5.41, 5.74) is 2.16. The molecule has 0 N–H and O–H groups in total. The van der Waals surface area contributed by atoms with E-state index in [1.807, 2.05) is 54.6 Å². The van der Waals surface area contributed by atoms with Crippen LogP contribution in [0.3, 0.4) is 0 Å². The van der Waals surface area contributed by atoms with E-state index >= 15 is 0 Å². The molecule has 2 nitrogen and oxygen atoms in total. The summed E-state index contributed by atoms with van der Waals surface area (Å²) in [4.78, 5) is 4.70. The van der Waals surface area contributed by atoms with Crippen LogP contribution in [0.4, 0.5) is 0 Å². The molecule has 1 aliphatic rings. The van der Waals surface area contributed by atoms with Gasteiger partial charge in [-0.3, -0.25) is 0 Å². The fourth-order valence-electron chi connectivity index (χ4n) is 2.24. The summed E-state index contributed by atoms with van der Waals surface area (Å²) < 4.78 is 5.90. The quantitative estimate of drug-likeness (QED) is 0.759. The molecule has 2 atom stereocenters. The molecule has 0 saturated heterocycles. The van der Waals surface area contributed by atoms with Crippen LogP contribution in [0.1, 0.15) is 17.2 Å². The molecule has 0 fully saturated rings. The molecular formula is C17H15NO. The third kappa shape index (κ3) is 2.29. The summed E-state index contributed by atoms with van der Waals surface area (Å²) in [5.74, 6) is 0.694. The predicted molar refractivity (Wildman–Crippen MR) is 77.2 cm³/mol. The van der Waals surface area contributed by atoms with Gasteiger partial charge >= 0.3 is 0 Å². The first-order chi connectivity index (χ1) is 9.38. The summed E-state index contributed by atoms with van der Waals surface area (Å²) in [6.07, 6.45) is 1.72. The lowest BCUT2D eigenvalue weighted by Gasteiger charge is -2.13. The van der Waals surface area contributed by atoms with E-state index in [1.165, 1.54) is 0 Å². The zero-order chi connectivity index (χ0) is 13.1. The highest BCUT2D eigenvalue weighted by Crippen LogP contribution is 2.31. The van der Waals surface area contributed by atoms with Gasteiger partial charge in [-0.05, 0) is 23.8 Å². The van der Waals surface area contributed by atoms with Gasteiger partial charge in [0.05, 0.1) is 0 Å². The minimum atomic E-state index is -0.0994. The van der Waals surface area contributed by atoms with Crippen LogP contribution in [0.5, 0.6) is 0 Å². The molecule has 0 amide bonds. The maximum atomic E-state index is 5.90. The number of benzene rings is 2. The fraction of sp³-hybridized carbons (Fsp3) is 0.118. The Morgan fingerprint density at radius 3 is 2.21 bits per heavy atom. The maximum Gasteiger partial charge on any atom is 0.217 e. The Bertz CT molecular complexity index is 589. The van der Waals surface area contributed by atoms with Gasteiger partial charge in [-0.2, -0.15) is 0 Å². The number of nitrogens with zero attached hydrogens (tertiary/aromatic N) is 1. The topological polar surface area (TPSA) is 21.6 Å². The molecular weight excluding hydrogens is 234 g/mol. The van der Waals surface area contributed by atoms with Crippen LogP contribution >= 0.6 is 0 Å². The molecule has 0 unspecified atom stereocenters. The number of hydrogen-bond donors (Lipinski definition) is 0. The standard InChI is InChI=1S/C17H15NO/c1-2-15-16(13-9-5-3-6-10-13)18-17(19-15)14-11-7-4-8-12-14/h2-12,15-16H,1H2/t15-,16-/m0/s1. The average molecular weight is 249 g/mol. The van der Waals surface area contributed by atoms with E-state index in [2.05, 4.69) is 18.7 Å². The highest BCUT2D eigenvalue weighted by molar-refractivity contribution is 5.95. The number of rotatable bonds is 3. The summed E-state index contributed by atoms with van der Waals surface area (Å²) >= 11 is 0. The lowest BCUT2D eigenvalue weighted by Crippen LogP contribution is -2.13. The van der Waals surface area contributed by atoms with Crippen LogP contribution in [0.2, 0.25) is 0 Å². The summed E-state index contributed by atoms with van der Waals surface area (Å²) in [5, 5.41) is 0. The monoisotopic (exact) mass is 249 g/mol. The summed E-state index contributed by atoms with van der Waals surface area (Å²) in [6.45, 7) is 3.85. The third-order valence-electron chi connectivity index (χ3n) is 3.21. The van der Waals surface area contributed by atoms with E-state index in [-0.39, 0.29) is 12.1 Å². The summed E-state index contributed by atoms with van der Waals surface area (Å²) in [7, 11) is 0. The largest absolute Gasteiger partial charge is 0.467 e. The highest BCUT2D eigenvalue weighted by atomic mass is 16.5. The Kier molecular flexibility index (Phi) is 3.15. The Morgan fingerprint density at radius 2 is 1.58 bits per heavy atom. The Balaban J connectivity index is 1.96. The van der Waals surface area contributed by atoms with Crippen LogP contribution < -0.4 is 0 Å². The summed E-state index contributed by atoms with van der Waals surface area (Å²) in [6, 6.07) is 20.1. The number of hydrogen-bond acceptors (Lipinski definition) is 2. The molecule has 1 aliphatic heterocycles. The van der Waals surface area contributed by atoms with Gasteiger partial charge < -0.3 is 4.74 Å². The average Bonchev–Trinajstić information content (AvgIpc) is 2.93. The van der Waals surface area contributed by atoms with Crippen molar-refractivity contribution in [1.29, 1.82) is 0 Å². The molecule has 94 valence electrons. The lowest BCUT2D eigenvalue weighted by atomic mass is 10.0. The maximum absolute atomic E-state index is 5.90. The van der Waals surface area contributed by atoms with Crippen molar-refractivity contribution in [3.63, 3.8) is 0 Å². The third-order valence-corrected chi connectivity index (χ3v) is 3.21. The smallest absolute Gasteiger partial charge is 0.217 e. The van der Waals surface area contributed by atoms with Crippen molar-refractivity contribution in [2.45, 2.75) is 12.1 Å². The zero-order valence-corrected chi connectivity index (χ0v) is 10.6. The van der Waals surface area contributed by atoms with Gasteiger partial charge in [-0.25, -0.2) is 4.99 Å². The van der Waals surface area contributed by atoms with E-state index in [4.69, 9.17) is 9.73 Å². The van der Waals surface area contributed by atoms with Gasteiger partial charge in [0, 0.05) is 5.56 Å². The van der Waals surface area contributed by atoms with E-state index in [0.717, 1.165) is 11.1 Å². The van der Waals surface area contributed by atoms with Gasteiger partial charge in [-0.15, -0.1) is 0 Å². The van der Waals surface area contributed by atoms with Gasteiger partial charge in [0.2, 0.25) is 5.90 Å². The molecule has 2 aromatic rings. The first kappa shape index (κ1) is 11.7. The van der Waals surface area contributed by atoms with Crippen molar-refractivity contribution in [3.05, 3.63) is 84.4 Å². The van der Waals surface area contributed by atoms with Crippen molar-refractivity contribution in [2.24, 2.45) is 4.99 Å². The Hall–Kier alpha value is -2.35. The second-order valence-electron chi connectivity index (χ2n) is 4.47. The normalized spacial score (nSPS) is 21.6. The van der Waals surface area contributed by atoms with E-state index in [9.17, 15) is 0 Å². The Labute approximate surface area is 113 Å². The van der Waals surface area contributed by atoms with E-state index < -0.39 is 0 Å². The van der Waals surface area contributed by atoms with Crippen molar-refractivity contribution in [3.8, 4) is 0 Å². The van der Waals surface area contributed by atoms with Gasteiger partial charge in [0.15, 0.2) is 0 Å². The molecule has 19 heavy (non-hydrogen) atoms. The minimum Gasteiger partial charge on any atom is -0.467 e. The van der Waals surface area contributed by atoms with Crippen molar-refractivity contribution in [2.75, 3.05) is 0 Å². The van der Waals surface area contributed by atoms with Crippen molar-refractivity contribution < 1.29 is 4.74 Å². The Morgan fingerprint density at radius 1 is 0.947 bits per heavy atom. The molecule has 0 aliphatic carbocycles. The zero-order valence-electron chi connectivity index (χ0n) is 10.6. The van der Waals surface area contributed by atoms with Gasteiger partial charge in [-0.1, -0.05) is 55.1 Å². The fourth-order valence-corrected chi connectivity index (χ4v) is 2.24. The molecule has 1 heterocycles. The second-order valence-corrected chi connectivity index (χ2v) is 4.47. The molecule has 0 aromatic heterocycles. The van der Waals surface area contributed by atoms with Crippen LogP contribution in [0, 0.1) is 0 Å². The minimum absolute atomic E-state index is 0.00564. The van der Waals surface area contributed by atoms with Gasteiger partial charge in [0.1, 0.15) is 12.1 Å². The number of ether oxygens (including phenoxy) is 1. The second kappa shape index (κ2) is 5.11. The SMILES string of the molecule is C=C[C@@H]1OC(c2ccccc2)=N[C@H]1c1ccccc1. The molecule has 0 spiro atoms. The number of aliphatic imine (C=N–C) groups is 1. The van der Waals surface area contributed by atoms with Crippen LogP contribution in [0.25, 0.3) is 0 Å². The van der Waals surface area contributed by atoms with Crippen LogP contribution in [0.15, 0.2) is 78.3 Å². The molecule has 2 heteroatoms. The molecule has 0 bridgehead atoms. The highest BCUT2D eigenvalue weighted by Gasteiger charge is 2.30. The first-order valence-electron chi connectivity index (χ1n) is 6.36. The van der Waals surface area contributed by atoms with Crippen LogP contribution in [-0.4, -0.2) is 12.0 Å². The molecule has 0 radical (unpaired) electrons. The molecule has 3 rings (SSSR count). The predicted octanol–water partition coefficient (Wildman–Crippen LogP) is 3.76. The van der Waals surface area contributed by atoms with Gasteiger partial charge in [0.25, 0.3) is 0 Å². The van der Waals surface area contributed by atoms with E-state index in [0.29, 0.717) is 5.90 Å². The van der Waals surface area contributed by atoms with Crippen molar-refractivity contribution >= 4 is 5.90 Å². The molecule has 2 aromatic carbocycles. The van der Waals surface area contributed by atoms with Crippen LogP contribution in [-0.2, 0) is 4.74 Å². The first-order valence-corrected chi connectivity index (χ1v) is 6.36.